The molecule has 0 aliphatic carbocycles. The van der Waals surface area contributed by atoms with Gasteiger partial charge in [-0.2, -0.15) is 0 Å². The van der Waals surface area contributed by atoms with Crippen LogP contribution in [0, 0.1) is 11.7 Å². The van der Waals surface area contributed by atoms with E-state index in [9.17, 15) is 9.18 Å². The molecule has 0 spiro atoms. The van der Waals surface area contributed by atoms with E-state index in [1.807, 2.05) is 13.0 Å². The van der Waals surface area contributed by atoms with E-state index in [1.54, 1.807) is 20.8 Å². The van der Waals surface area contributed by atoms with E-state index in [-0.39, 0.29) is 11.6 Å². The van der Waals surface area contributed by atoms with Crippen molar-refractivity contribution in [2.75, 3.05) is 18.5 Å². The van der Waals surface area contributed by atoms with E-state index in [0.717, 1.165) is 11.8 Å². The van der Waals surface area contributed by atoms with Gasteiger partial charge in [0.25, 0.3) is 0 Å². The first-order valence-corrected chi connectivity index (χ1v) is 7.20. The summed E-state index contributed by atoms with van der Waals surface area (Å²) < 4.78 is 24.3. The zero-order valence-corrected chi connectivity index (χ0v) is 13.3. The molecule has 0 fully saturated rings. The van der Waals surface area contributed by atoms with Gasteiger partial charge >= 0.3 is 6.09 Å². The second-order valence-electron chi connectivity index (χ2n) is 6.27. The Kier molecular flexibility index (Phi) is 4.81. The first-order chi connectivity index (χ1) is 10.3. The average Bonchev–Trinajstić information content (AvgIpc) is 2.40. The van der Waals surface area contributed by atoms with Crippen LogP contribution < -0.4 is 5.32 Å². The second kappa shape index (κ2) is 6.44. The third-order valence-electron chi connectivity index (χ3n) is 3.11. The van der Waals surface area contributed by atoms with Crippen molar-refractivity contribution in [3.63, 3.8) is 0 Å². The van der Waals surface area contributed by atoms with Crippen LogP contribution in [0.2, 0.25) is 0 Å². The number of amides is 1. The van der Waals surface area contributed by atoms with Crippen LogP contribution >= 0.6 is 0 Å². The van der Waals surface area contributed by atoms with E-state index < -0.39 is 17.5 Å². The van der Waals surface area contributed by atoms with Crippen molar-refractivity contribution in [1.29, 1.82) is 0 Å². The van der Waals surface area contributed by atoms with Crippen molar-refractivity contribution in [3.05, 3.63) is 29.9 Å². The van der Waals surface area contributed by atoms with E-state index in [2.05, 4.69) is 10.3 Å². The summed E-state index contributed by atoms with van der Waals surface area (Å²) in [5, 5.41) is 2.43. The minimum absolute atomic E-state index is 0.0545. The topological polar surface area (TPSA) is 60.5 Å². The fourth-order valence-corrected chi connectivity index (χ4v) is 2.15. The van der Waals surface area contributed by atoms with Gasteiger partial charge in [-0.05, 0) is 32.4 Å². The van der Waals surface area contributed by atoms with Gasteiger partial charge in [-0.1, -0.05) is 13.0 Å². The summed E-state index contributed by atoms with van der Waals surface area (Å²) in [5.41, 5.74) is 1.02. The number of anilines is 1. The summed E-state index contributed by atoms with van der Waals surface area (Å²) >= 11 is 0. The number of pyridine rings is 1. The van der Waals surface area contributed by atoms with Gasteiger partial charge in [0.05, 0.1) is 30.8 Å². The highest BCUT2D eigenvalue weighted by atomic mass is 19.1. The van der Waals surface area contributed by atoms with Crippen LogP contribution in [0.25, 0.3) is 5.57 Å². The summed E-state index contributed by atoms with van der Waals surface area (Å²) in [6.45, 7) is 8.35. The Morgan fingerprint density at radius 3 is 2.86 bits per heavy atom. The molecule has 2 rings (SSSR count). The second-order valence-corrected chi connectivity index (χ2v) is 6.27. The van der Waals surface area contributed by atoms with Gasteiger partial charge in [-0.3, -0.25) is 10.3 Å². The molecule has 0 saturated carbocycles. The van der Waals surface area contributed by atoms with E-state index >= 15 is 0 Å². The lowest BCUT2D eigenvalue weighted by Gasteiger charge is -2.22. The molecule has 22 heavy (non-hydrogen) atoms. The molecule has 0 aromatic carbocycles. The van der Waals surface area contributed by atoms with Gasteiger partial charge in [0, 0.05) is 5.92 Å². The Morgan fingerprint density at radius 1 is 1.50 bits per heavy atom. The molecule has 1 amide bonds. The summed E-state index contributed by atoms with van der Waals surface area (Å²) in [6.07, 6.45) is 2.33. The van der Waals surface area contributed by atoms with Crippen molar-refractivity contribution < 1.29 is 18.7 Å². The molecule has 5 nitrogen and oxygen atoms in total. The Labute approximate surface area is 129 Å². The van der Waals surface area contributed by atoms with Crippen LogP contribution in [0.5, 0.6) is 0 Å². The molecule has 6 heteroatoms. The van der Waals surface area contributed by atoms with Crippen LogP contribution in [0.4, 0.5) is 14.9 Å². The summed E-state index contributed by atoms with van der Waals surface area (Å²) in [5.74, 6) is -0.434. The SMILES string of the molecule is CC1COCC=C1c1cc(NC(=O)OC(C)(C)C)c(F)cn1. The standard InChI is InChI=1S/C16H21FN2O3/c1-10-9-21-6-5-11(10)13-7-14(12(17)8-18-13)19-15(20)22-16(2,3)4/h5,7-8,10H,6,9H2,1-4H3,(H,18,19,20). The highest BCUT2D eigenvalue weighted by Gasteiger charge is 2.20. The number of ether oxygens (including phenoxy) is 2. The molecule has 1 aliphatic rings. The van der Waals surface area contributed by atoms with Crippen molar-refractivity contribution in [3.8, 4) is 0 Å². The van der Waals surface area contributed by atoms with Gasteiger partial charge < -0.3 is 9.47 Å². The maximum atomic E-state index is 13.9. The van der Waals surface area contributed by atoms with E-state index in [0.29, 0.717) is 18.9 Å². The minimum Gasteiger partial charge on any atom is -0.444 e. The fourth-order valence-electron chi connectivity index (χ4n) is 2.15. The molecule has 2 heterocycles. The number of hydrogen-bond donors (Lipinski definition) is 1. The predicted molar refractivity (Wildman–Crippen MR) is 82.0 cm³/mol. The van der Waals surface area contributed by atoms with Crippen LogP contribution in [0.15, 0.2) is 18.3 Å². The predicted octanol–water partition coefficient (Wildman–Crippen LogP) is 3.62. The van der Waals surface area contributed by atoms with Gasteiger partial charge in [-0.25, -0.2) is 9.18 Å². The highest BCUT2D eigenvalue weighted by Crippen LogP contribution is 2.27. The lowest BCUT2D eigenvalue weighted by molar-refractivity contribution is 0.0635. The smallest absolute Gasteiger partial charge is 0.412 e. The maximum Gasteiger partial charge on any atom is 0.412 e. The molecule has 1 aliphatic heterocycles. The first-order valence-electron chi connectivity index (χ1n) is 7.20. The molecular weight excluding hydrogens is 287 g/mol. The quantitative estimate of drug-likeness (QED) is 0.906. The Hall–Kier alpha value is -1.95. The Balaban J connectivity index is 2.20. The normalized spacial score (nSPS) is 18.6. The molecule has 0 bridgehead atoms. The lowest BCUT2D eigenvalue weighted by Crippen LogP contribution is -2.27. The van der Waals surface area contributed by atoms with Crippen molar-refractivity contribution in [2.24, 2.45) is 5.92 Å². The minimum atomic E-state index is -0.697. The molecular formula is C16H21FN2O3. The summed E-state index contributed by atoms with van der Waals surface area (Å²) in [4.78, 5) is 15.9. The highest BCUT2D eigenvalue weighted by molar-refractivity contribution is 5.85. The van der Waals surface area contributed by atoms with Gasteiger partial charge in [0.15, 0.2) is 5.82 Å². The Bertz CT molecular complexity index is 594. The van der Waals surface area contributed by atoms with Crippen LogP contribution in [-0.2, 0) is 9.47 Å². The van der Waals surface area contributed by atoms with Crippen LogP contribution in [0.3, 0.4) is 0 Å². The molecule has 0 saturated heterocycles. The zero-order chi connectivity index (χ0) is 16.3. The molecule has 1 aromatic heterocycles. The number of hydrogen-bond acceptors (Lipinski definition) is 4. The first kappa shape index (κ1) is 16.4. The molecule has 1 unspecified atom stereocenters. The average molecular weight is 308 g/mol. The van der Waals surface area contributed by atoms with Gasteiger partial charge in [0.2, 0.25) is 0 Å². The number of carbonyl (C=O) groups is 1. The fraction of sp³-hybridized carbons (Fsp3) is 0.500. The monoisotopic (exact) mass is 308 g/mol. The number of aromatic nitrogens is 1. The largest absolute Gasteiger partial charge is 0.444 e. The summed E-state index contributed by atoms with van der Waals surface area (Å²) in [6, 6.07) is 1.52. The number of halogens is 1. The number of rotatable bonds is 2. The number of nitrogens with zero attached hydrogens (tertiary/aromatic N) is 1. The van der Waals surface area contributed by atoms with Crippen molar-refractivity contribution in [2.45, 2.75) is 33.3 Å². The van der Waals surface area contributed by atoms with Gasteiger partial charge in [0.1, 0.15) is 5.60 Å². The van der Waals surface area contributed by atoms with E-state index in [4.69, 9.17) is 9.47 Å². The van der Waals surface area contributed by atoms with E-state index in [1.165, 1.54) is 6.07 Å². The number of nitrogens with one attached hydrogen (secondary N) is 1. The van der Waals surface area contributed by atoms with Crippen molar-refractivity contribution >= 4 is 17.4 Å². The third-order valence-corrected chi connectivity index (χ3v) is 3.11. The molecule has 1 N–H and O–H groups in total. The molecule has 1 atom stereocenters. The molecule has 0 radical (unpaired) electrons. The molecule has 1 aromatic rings. The van der Waals surface area contributed by atoms with Crippen LogP contribution in [0.1, 0.15) is 33.4 Å². The van der Waals surface area contributed by atoms with Crippen molar-refractivity contribution in [1.82, 2.24) is 4.98 Å². The zero-order valence-electron chi connectivity index (χ0n) is 13.3. The summed E-state index contributed by atoms with van der Waals surface area (Å²) in [7, 11) is 0. The van der Waals surface area contributed by atoms with Gasteiger partial charge in [-0.15, -0.1) is 0 Å². The Morgan fingerprint density at radius 2 is 2.23 bits per heavy atom. The number of carbonyl (C=O) groups excluding carboxylic acids is 1. The lowest BCUT2D eigenvalue weighted by atomic mass is 9.96. The van der Waals surface area contributed by atoms with Crippen LogP contribution in [-0.4, -0.2) is 29.9 Å². The maximum absolute atomic E-state index is 13.9. The molecule has 120 valence electrons. The third kappa shape index (κ3) is 4.27.